The lowest BCUT2D eigenvalue weighted by molar-refractivity contribution is -0.130. The van der Waals surface area contributed by atoms with Crippen LogP contribution in [0.5, 0.6) is 5.75 Å². The molecule has 1 saturated heterocycles. The fourth-order valence-electron chi connectivity index (χ4n) is 4.01. The Bertz CT molecular complexity index is 1090. The van der Waals surface area contributed by atoms with Gasteiger partial charge in [0, 0.05) is 45.3 Å². The predicted octanol–water partition coefficient (Wildman–Crippen LogP) is 2.74. The molecule has 2 aromatic carbocycles. The summed E-state index contributed by atoms with van der Waals surface area (Å²) in [4.78, 5) is 32.9. The van der Waals surface area contributed by atoms with Crippen molar-refractivity contribution in [2.45, 2.75) is 26.9 Å². The van der Waals surface area contributed by atoms with Gasteiger partial charge in [0.15, 0.2) is 6.61 Å². The number of ether oxygens (including phenoxy) is 1. The predicted molar refractivity (Wildman–Crippen MR) is 124 cm³/mol. The normalized spacial score (nSPS) is 14.5. The molecule has 0 saturated carbocycles. The number of imidazole rings is 1. The number of rotatable bonds is 7. The van der Waals surface area contributed by atoms with Gasteiger partial charge in [-0.1, -0.05) is 18.2 Å². The number of fused-ring (bicyclic) bond motifs is 1. The number of nitrogens with one attached hydrogen (secondary N) is 1. The van der Waals surface area contributed by atoms with Crippen LogP contribution in [-0.4, -0.2) is 64.0 Å². The van der Waals surface area contributed by atoms with Crippen LogP contribution >= 0.6 is 0 Å². The Kier molecular flexibility index (Phi) is 6.70. The molecule has 2 heterocycles. The van der Waals surface area contributed by atoms with Crippen molar-refractivity contribution in [1.82, 2.24) is 19.4 Å². The van der Waals surface area contributed by atoms with Crippen LogP contribution in [0.4, 0.5) is 5.69 Å². The second kappa shape index (κ2) is 9.82. The van der Waals surface area contributed by atoms with E-state index >= 15 is 0 Å². The fraction of sp³-hybridized carbons (Fsp3) is 0.375. The van der Waals surface area contributed by atoms with E-state index in [2.05, 4.69) is 21.7 Å². The second-order valence-electron chi connectivity index (χ2n) is 7.91. The average Bonchev–Trinajstić information content (AvgIpc) is 3.14. The number of nitrogens with zero attached hydrogens (tertiary/aromatic N) is 4. The molecule has 1 fully saturated rings. The number of piperazine rings is 1. The highest BCUT2D eigenvalue weighted by Crippen LogP contribution is 2.22. The van der Waals surface area contributed by atoms with Crippen molar-refractivity contribution in [3.05, 3.63) is 54.4 Å². The van der Waals surface area contributed by atoms with Crippen LogP contribution in [0, 0.1) is 0 Å². The van der Waals surface area contributed by atoms with Crippen molar-refractivity contribution >= 4 is 28.5 Å². The minimum Gasteiger partial charge on any atom is -0.484 e. The van der Waals surface area contributed by atoms with Gasteiger partial charge in [0.25, 0.3) is 5.91 Å². The topological polar surface area (TPSA) is 79.7 Å². The Morgan fingerprint density at radius 3 is 2.50 bits per heavy atom. The number of aromatic nitrogens is 2. The van der Waals surface area contributed by atoms with Gasteiger partial charge >= 0.3 is 0 Å². The zero-order valence-electron chi connectivity index (χ0n) is 18.6. The van der Waals surface area contributed by atoms with E-state index in [0.29, 0.717) is 11.4 Å². The molecule has 0 atom stereocenters. The molecule has 1 aliphatic rings. The highest BCUT2D eigenvalue weighted by Gasteiger charge is 2.21. The second-order valence-corrected chi connectivity index (χ2v) is 7.91. The SMILES string of the molecule is CCn1c(CN2CCN(C(C)=O)CC2)nc2cc(NC(=O)COc3ccccc3)ccc21. The van der Waals surface area contributed by atoms with Crippen molar-refractivity contribution in [3.63, 3.8) is 0 Å². The maximum atomic E-state index is 12.3. The van der Waals surface area contributed by atoms with E-state index in [4.69, 9.17) is 9.72 Å². The zero-order valence-corrected chi connectivity index (χ0v) is 18.6. The molecule has 2 amide bonds. The van der Waals surface area contributed by atoms with Gasteiger partial charge in [-0.3, -0.25) is 14.5 Å². The standard InChI is InChI=1S/C24H29N5O3/c1-3-29-22-10-9-19(25-24(31)17-32-20-7-5-4-6-8-20)15-21(22)26-23(29)16-27-11-13-28(14-12-27)18(2)30/h4-10,15H,3,11-14,16-17H2,1-2H3,(H,25,31). The third kappa shape index (κ3) is 5.08. The summed E-state index contributed by atoms with van der Waals surface area (Å²) >= 11 is 0. The van der Waals surface area contributed by atoms with Crippen molar-refractivity contribution in [2.75, 3.05) is 38.1 Å². The third-order valence-electron chi connectivity index (χ3n) is 5.72. The first-order chi connectivity index (χ1) is 15.5. The van der Waals surface area contributed by atoms with Crippen molar-refractivity contribution in [3.8, 4) is 5.75 Å². The highest BCUT2D eigenvalue weighted by atomic mass is 16.5. The molecular formula is C24H29N5O3. The van der Waals surface area contributed by atoms with Gasteiger partial charge < -0.3 is 19.5 Å². The molecule has 1 aromatic heterocycles. The number of amides is 2. The molecule has 0 bridgehead atoms. The van der Waals surface area contributed by atoms with Gasteiger partial charge in [-0.05, 0) is 37.3 Å². The minimum absolute atomic E-state index is 0.0526. The molecule has 0 radical (unpaired) electrons. The zero-order chi connectivity index (χ0) is 22.5. The van der Waals surface area contributed by atoms with Gasteiger partial charge in [0.2, 0.25) is 5.91 Å². The average molecular weight is 436 g/mol. The number of carbonyl (C=O) groups is 2. The van der Waals surface area contributed by atoms with Gasteiger partial charge in [-0.2, -0.15) is 0 Å². The summed E-state index contributed by atoms with van der Waals surface area (Å²) < 4.78 is 7.72. The molecule has 8 heteroatoms. The molecule has 1 N–H and O–H groups in total. The lowest BCUT2D eigenvalue weighted by Gasteiger charge is -2.33. The van der Waals surface area contributed by atoms with E-state index in [9.17, 15) is 9.59 Å². The molecule has 32 heavy (non-hydrogen) atoms. The minimum atomic E-state index is -0.216. The lowest BCUT2D eigenvalue weighted by Crippen LogP contribution is -2.47. The summed E-state index contributed by atoms with van der Waals surface area (Å²) in [6.45, 7) is 8.42. The van der Waals surface area contributed by atoms with Gasteiger partial charge in [-0.15, -0.1) is 0 Å². The van der Waals surface area contributed by atoms with Crippen LogP contribution in [0.15, 0.2) is 48.5 Å². The Balaban J connectivity index is 1.41. The molecule has 1 aliphatic heterocycles. The van der Waals surface area contributed by atoms with Gasteiger partial charge in [0.05, 0.1) is 17.6 Å². The van der Waals surface area contributed by atoms with Crippen LogP contribution in [0.25, 0.3) is 11.0 Å². The maximum Gasteiger partial charge on any atom is 0.262 e. The quantitative estimate of drug-likeness (QED) is 0.617. The van der Waals surface area contributed by atoms with Crippen LogP contribution in [-0.2, 0) is 22.7 Å². The highest BCUT2D eigenvalue weighted by molar-refractivity contribution is 5.94. The Morgan fingerprint density at radius 2 is 1.81 bits per heavy atom. The van der Waals surface area contributed by atoms with Crippen molar-refractivity contribution in [2.24, 2.45) is 0 Å². The first-order valence-corrected chi connectivity index (χ1v) is 11.0. The first-order valence-electron chi connectivity index (χ1n) is 11.0. The molecule has 168 valence electrons. The summed E-state index contributed by atoms with van der Waals surface area (Å²) in [7, 11) is 0. The molecular weight excluding hydrogens is 406 g/mol. The van der Waals surface area contributed by atoms with Gasteiger partial charge in [0.1, 0.15) is 11.6 Å². The third-order valence-corrected chi connectivity index (χ3v) is 5.72. The number of carbonyl (C=O) groups excluding carboxylic acids is 2. The summed E-state index contributed by atoms with van der Waals surface area (Å²) in [5, 5.41) is 2.89. The van der Waals surface area contributed by atoms with E-state index in [0.717, 1.165) is 56.1 Å². The Hall–Kier alpha value is -3.39. The Labute approximate surface area is 187 Å². The number of para-hydroxylation sites is 1. The van der Waals surface area contributed by atoms with E-state index in [1.165, 1.54) is 0 Å². The molecule has 0 aliphatic carbocycles. The van der Waals surface area contributed by atoms with E-state index in [-0.39, 0.29) is 18.4 Å². The summed E-state index contributed by atoms with van der Waals surface area (Å²) in [6.07, 6.45) is 0. The van der Waals surface area contributed by atoms with Crippen molar-refractivity contribution in [1.29, 1.82) is 0 Å². The van der Waals surface area contributed by atoms with E-state index < -0.39 is 0 Å². The van der Waals surface area contributed by atoms with Crippen molar-refractivity contribution < 1.29 is 14.3 Å². The van der Waals surface area contributed by atoms with Crippen LogP contribution in [0.3, 0.4) is 0 Å². The lowest BCUT2D eigenvalue weighted by atomic mass is 10.2. The Morgan fingerprint density at radius 1 is 1.06 bits per heavy atom. The van der Waals surface area contributed by atoms with E-state index in [1.54, 1.807) is 6.92 Å². The number of anilines is 1. The molecule has 4 rings (SSSR count). The summed E-state index contributed by atoms with van der Waals surface area (Å²) in [5.41, 5.74) is 2.59. The molecule has 8 nitrogen and oxygen atoms in total. The molecule has 0 unspecified atom stereocenters. The molecule has 3 aromatic rings. The van der Waals surface area contributed by atoms with Crippen LogP contribution in [0.1, 0.15) is 19.7 Å². The largest absolute Gasteiger partial charge is 0.484 e. The maximum absolute atomic E-state index is 12.3. The summed E-state index contributed by atoms with van der Waals surface area (Å²) in [6, 6.07) is 15.1. The number of hydrogen-bond acceptors (Lipinski definition) is 5. The smallest absolute Gasteiger partial charge is 0.262 e. The van der Waals surface area contributed by atoms with Crippen LogP contribution < -0.4 is 10.1 Å². The first kappa shape index (κ1) is 21.8. The van der Waals surface area contributed by atoms with Crippen LogP contribution in [0.2, 0.25) is 0 Å². The molecule has 0 spiro atoms. The van der Waals surface area contributed by atoms with E-state index in [1.807, 2.05) is 53.4 Å². The van der Waals surface area contributed by atoms with Gasteiger partial charge in [-0.25, -0.2) is 4.98 Å². The number of aryl methyl sites for hydroxylation is 1. The summed E-state index contributed by atoms with van der Waals surface area (Å²) in [5.74, 6) is 1.57. The number of benzene rings is 2. The monoisotopic (exact) mass is 435 g/mol. The fourth-order valence-corrected chi connectivity index (χ4v) is 4.01. The number of hydrogen-bond donors (Lipinski definition) is 1.